The van der Waals surface area contributed by atoms with Crippen LogP contribution < -0.4 is 0 Å². The Hall–Kier alpha value is -1.85. The van der Waals surface area contributed by atoms with Crippen LogP contribution in [0.2, 0.25) is 10.0 Å². The van der Waals surface area contributed by atoms with Crippen LogP contribution >= 0.6 is 23.2 Å². The minimum atomic E-state index is -1.23. The van der Waals surface area contributed by atoms with Gasteiger partial charge in [-0.1, -0.05) is 29.3 Å². The van der Waals surface area contributed by atoms with Crippen molar-refractivity contribution < 1.29 is 13.9 Å². The van der Waals surface area contributed by atoms with E-state index in [2.05, 4.69) is 5.10 Å². The maximum Gasteiger partial charge on any atom is 0.331 e. The molecule has 1 atom stereocenters. The van der Waals surface area contributed by atoms with Gasteiger partial charge in [-0.2, -0.15) is 5.10 Å². The number of rotatable bonds is 4. The average Bonchev–Trinajstić information content (AvgIpc) is 2.96. The minimum Gasteiger partial charge on any atom is -0.463 e. The molecule has 0 bridgehead atoms. The second-order valence-electron chi connectivity index (χ2n) is 5.77. The summed E-state index contributed by atoms with van der Waals surface area (Å²) in [4.78, 5) is 11.8. The van der Waals surface area contributed by atoms with Crippen LogP contribution in [-0.4, -0.2) is 28.5 Å². The first-order valence-electron chi connectivity index (χ1n) is 8.01. The van der Waals surface area contributed by atoms with Crippen molar-refractivity contribution in [2.75, 3.05) is 6.61 Å². The topological polar surface area (TPSA) is 44.1 Å². The molecule has 25 heavy (non-hydrogen) atoms. The lowest BCUT2D eigenvalue weighted by Gasteiger charge is -2.21. The van der Waals surface area contributed by atoms with E-state index in [9.17, 15) is 9.18 Å². The number of hydrogen-bond acceptors (Lipinski definition) is 3. The summed E-state index contributed by atoms with van der Waals surface area (Å²) >= 11 is 12.2. The molecule has 1 aromatic carbocycles. The molecule has 2 aromatic rings. The number of esters is 1. The average molecular weight is 383 g/mol. The van der Waals surface area contributed by atoms with Crippen molar-refractivity contribution in [2.45, 2.75) is 32.5 Å². The minimum absolute atomic E-state index is 0.242. The summed E-state index contributed by atoms with van der Waals surface area (Å²) in [6.45, 7) is 2.31. The largest absolute Gasteiger partial charge is 0.463 e. The second-order valence-corrected chi connectivity index (χ2v) is 6.61. The molecule has 0 radical (unpaired) electrons. The molecule has 0 amide bonds. The fourth-order valence-corrected chi connectivity index (χ4v) is 3.40. The van der Waals surface area contributed by atoms with Gasteiger partial charge in [-0.3, -0.25) is 4.68 Å². The van der Waals surface area contributed by atoms with Gasteiger partial charge in [-0.05, 0) is 43.0 Å². The molecule has 4 nitrogen and oxygen atoms in total. The van der Waals surface area contributed by atoms with Gasteiger partial charge in [0.2, 0.25) is 0 Å². The molecular weight excluding hydrogens is 366 g/mol. The second kappa shape index (κ2) is 7.58. The molecule has 1 heterocycles. The molecule has 1 aliphatic carbocycles. The number of alkyl halides is 1. The highest BCUT2D eigenvalue weighted by Crippen LogP contribution is 2.34. The first-order valence-corrected chi connectivity index (χ1v) is 8.76. The van der Waals surface area contributed by atoms with Gasteiger partial charge < -0.3 is 4.74 Å². The van der Waals surface area contributed by atoms with Crippen LogP contribution in [0.15, 0.2) is 30.5 Å². The molecule has 0 spiro atoms. The number of fused-ring (bicyclic) bond motifs is 1. The third kappa shape index (κ3) is 3.88. The fraction of sp³-hybridized carbons (Fsp3) is 0.333. The van der Waals surface area contributed by atoms with Crippen molar-refractivity contribution >= 4 is 34.7 Å². The normalized spacial score (nSPS) is 18.2. The van der Waals surface area contributed by atoms with Gasteiger partial charge in [0, 0.05) is 21.7 Å². The summed E-state index contributed by atoms with van der Waals surface area (Å²) in [5, 5.41) is 5.42. The molecular formula is C18H17Cl2FN2O2. The highest BCUT2D eigenvalue weighted by atomic mass is 35.5. The van der Waals surface area contributed by atoms with E-state index in [-0.39, 0.29) is 6.61 Å². The summed E-state index contributed by atoms with van der Waals surface area (Å²) in [7, 11) is 0. The number of aromatic nitrogens is 2. The smallest absolute Gasteiger partial charge is 0.331 e. The number of hydrogen-bond donors (Lipinski definition) is 0. The van der Waals surface area contributed by atoms with Gasteiger partial charge in [0.05, 0.1) is 25.0 Å². The van der Waals surface area contributed by atoms with Gasteiger partial charge in [0.25, 0.3) is 0 Å². The summed E-state index contributed by atoms with van der Waals surface area (Å²) in [5.74, 6) is -0.551. The number of ether oxygens (including phenoxy) is 1. The Morgan fingerprint density at radius 3 is 3.00 bits per heavy atom. The van der Waals surface area contributed by atoms with E-state index in [1.54, 1.807) is 29.9 Å². The molecule has 1 unspecified atom stereocenters. The van der Waals surface area contributed by atoms with Crippen molar-refractivity contribution in [2.24, 2.45) is 0 Å². The lowest BCUT2D eigenvalue weighted by molar-refractivity contribution is -0.137. The number of nitrogens with zero attached hydrogens (tertiary/aromatic N) is 2. The van der Waals surface area contributed by atoms with Gasteiger partial charge in [0.15, 0.2) is 0 Å². The molecule has 7 heteroatoms. The predicted molar refractivity (Wildman–Crippen MR) is 95.6 cm³/mol. The maximum atomic E-state index is 14.5. The van der Waals surface area contributed by atoms with Gasteiger partial charge in [-0.25, -0.2) is 9.18 Å². The number of allylic oxidation sites excluding steroid dienone is 1. The fourth-order valence-electron chi connectivity index (χ4n) is 2.93. The quantitative estimate of drug-likeness (QED) is 0.578. The maximum absolute atomic E-state index is 14.5. The first kappa shape index (κ1) is 18.0. The van der Waals surface area contributed by atoms with Crippen LogP contribution in [0.25, 0.3) is 5.57 Å². The summed E-state index contributed by atoms with van der Waals surface area (Å²) in [6.07, 6.45) is 2.61. The Kier molecular flexibility index (Phi) is 5.45. The Morgan fingerprint density at radius 2 is 2.28 bits per heavy atom. The van der Waals surface area contributed by atoms with Crippen molar-refractivity contribution in [3.63, 3.8) is 0 Å². The predicted octanol–water partition coefficient (Wildman–Crippen LogP) is 4.47. The Morgan fingerprint density at radius 1 is 1.48 bits per heavy atom. The van der Waals surface area contributed by atoms with Gasteiger partial charge in [-0.15, -0.1) is 0 Å². The van der Waals surface area contributed by atoms with Gasteiger partial charge >= 0.3 is 5.97 Å². The Bertz CT molecular complexity index is 832. The lowest BCUT2D eigenvalue weighted by Crippen LogP contribution is -2.19. The summed E-state index contributed by atoms with van der Waals surface area (Å²) < 4.78 is 21.1. The van der Waals surface area contributed by atoms with E-state index in [1.807, 2.05) is 6.07 Å². The van der Waals surface area contributed by atoms with Gasteiger partial charge in [0.1, 0.15) is 6.17 Å². The number of carbonyl (C=O) groups excluding carboxylic acids is 1. The molecule has 132 valence electrons. The third-order valence-corrected chi connectivity index (χ3v) is 4.68. The monoisotopic (exact) mass is 382 g/mol. The van der Waals surface area contributed by atoms with E-state index >= 15 is 0 Å². The van der Waals surface area contributed by atoms with E-state index in [0.717, 1.165) is 11.1 Å². The van der Waals surface area contributed by atoms with Crippen molar-refractivity contribution in [1.82, 2.24) is 9.78 Å². The van der Waals surface area contributed by atoms with E-state index in [0.29, 0.717) is 40.7 Å². The number of halogens is 3. The zero-order valence-corrected chi connectivity index (χ0v) is 15.1. The molecule has 0 saturated heterocycles. The lowest BCUT2D eigenvalue weighted by atomic mass is 9.91. The van der Waals surface area contributed by atoms with Crippen LogP contribution in [0.5, 0.6) is 0 Å². The molecule has 1 aliphatic rings. The van der Waals surface area contributed by atoms with Crippen LogP contribution in [0, 0.1) is 0 Å². The molecule has 0 saturated carbocycles. The Balaban J connectivity index is 1.98. The standard InChI is InChI=1S/C18H17Cl2FN2O2/c1-2-25-17(24)8-14-16(21)6-4-11-9-22-23(18(11)14)10-12-3-5-13(19)7-15(12)20/h3,5,7-9,16H,2,4,6,10H2,1H3/b14-8+. The van der Waals surface area contributed by atoms with Crippen LogP contribution in [-0.2, 0) is 22.5 Å². The summed E-state index contributed by atoms with van der Waals surface area (Å²) in [5.41, 5.74) is 2.66. The number of aryl methyl sites for hydroxylation is 1. The van der Waals surface area contributed by atoms with E-state index in [4.69, 9.17) is 27.9 Å². The highest BCUT2D eigenvalue weighted by Gasteiger charge is 2.28. The Labute approximate surface area is 155 Å². The van der Waals surface area contributed by atoms with Crippen LogP contribution in [0.3, 0.4) is 0 Å². The van der Waals surface area contributed by atoms with E-state index < -0.39 is 12.1 Å². The highest BCUT2D eigenvalue weighted by molar-refractivity contribution is 6.35. The van der Waals surface area contributed by atoms with Crippen molar-refractivity contribution in [3.8, 4) is 0 Å². The molecule has 0 aliphatic heterocycles. The number of carbonyl (C=O) groups is 1. The van der Waals surface area contributed by atoms with Crippen molar-refractivity contribution in [1.29, 1.82) is 0 Å². The zero-order valence-electron chi connectivity index (χ0n) is 13.6. The molecule has 0 fully saturated rings. The number of benzene rings is 1. The molecule has 1 aromatic heterocycles. The summed E-state index contributed by atoms with van der Waals surface area (Å²) in [6, 6.07) is 5.21. The molecule has 0 N–H and O–H groups in total. The molecule has 3 rings (SSSR count). The van der Waals surface area contributed by atoms with Crippen molar-refractivity contribution in [3.05, 3.63) is 57.3 Å². The first-order chi connectivity index (χ1) is 12.0. The zero-order chi connectivity index (χ0) is 18.0. The third-order valence-electron chi connectivity index (χ3n) is 4.09. The SMILES string of the molecule is CCOC(=O)/C=C1/c2c(cnn2Cc2ccc(Cl)cc2Cl)CCC1F. The van der Waals surface area contributed by atoms with Crippen LogP contribution in [0.1, 0.15) is 30.2 Å². The van der Waals surface area contributed by atoms with Crippen LogP contribution in [0.4, 0.5) is 4.39 Å². The van der Waals surface area contributed by atoms with E-state index in [1.165, 1.54) is 6.08 Å².